The summed E-state index contributed by atoms with van der Waals surface area (Å²) >= 11 is 3.26. The molecule has 1 aliphatic rings. The van der Waals surface area contributed by atoms with Crippen molar-refractivity contribution in [3.8, 4) is 0 Å². The molecule has 1 aromatic rings. The summed E-state index contributed by atoms with van der Waals surface area (Å²) in [4.78, 5) is 10.8. The summed E-state index contributed by atoms with van der Waals surface area (Å²) in [6.07, 6.45) is 0.687. The van der Waals surface area contributed by atoms with Crippen LogP contribution in [-0.4, -0.2) is 15.4 Å². The maximum Gasteiger partial charge on any atom is 0.321 e. The van der Waals surface area contributed by atoms with Gasteiger partial charge in [-0.25, -0.2) is 0 Å². The summed E-state index contributed by atoms with van der Waals surface area (Å²) in [5.41, 5.74) is 1.10. The first-order valence-electron chi connectivity index (χ1n) is 4.12. The Morgan fingerprint density at radius 2 is 2.08 bits per heavy atom. The van der Waals surface area contributed by atoms with Gasteiger partial charge in [0.1, 0.15) is 4.32 Å². The first-order valence-corrected chi connectivity index (χ1v) is 4.91. The molecule has 1 fully saturated rings. The Labute approximate surface area is 84.7 Å². The zero-order valence-electron chi connectivity index (χ0n) is 6.90. The van der Waals surface area contributed by atoms with Gasteiger partial charge in [-0.3, -0.25) is 4.79 Å². The van der Waals surface area contributed by atoms with Crippen molar-refractivity contribution >= 4 is 21.9 Å². The molecule has 0 unspecified atom stereocenters. The molecule has 1 N–H and O–H groups in total. The molecule has 0 bridgehead atoms. The van der Waals surface area contributed by atoms with E-state index < -0.39 is 10.3 Å². The highest BCUT2D eigenvalue weighted by molar-refractivity contribution is 9.10. The van der Waals surface area contributed by atoms with Gasteiger partial charge in [-0.05, 0) is 12.0 Å². The second kappa shape index (κ2) is 2.84. The molecule has 13 heavy (non-hydrogen) atoms. The fourth-order valence-electron chi connectivity index (χ4n) is 1.54. The van der Waals surface area contributed by atoms with E-state index in [0.29, 0.717) is 6.42 Å². The van der Waals surface area contributed by atoms with E-state index in [1.54, 1.807) is 0 Å². The smallest absolute Gasteiger partial charge is 0.321 e. The first kappa shape index (κ1) is 8.75. The number of hydrogen-bond acceptors (Lipinski definition) is 1. The van der Waals surface area contributed by atoms with Gasteiger partial charge in [0, 0.05) is 5.92 Å². The van der Waals surface area contributed by atoms with E-state index in [2.05, 4.69) is 15.9 Å². The van der Waals surface area contributed by atoms with Crippen molar-refractivity contribution < 1.29 is 9.90 Å². The van der Waals surface area contributed by atoms with Crippen molar-refractivity contribution in [3.63, 3.8) is 0 Å². The topological polar surface area (TPSA) is 37.3 Å². The Bertz CT molecular complexity index is 336. The summed E-state index contributed by atoms with van der Waals surface area (Å²) in [7, 11) is 0. The molecular weight excluding hydrogens is 232 g/mol. The predicted octanol–water partition coefficient (Wildman–Crippen LogP) is 2.39. The van der Waals surface area contributed by atoms with Crippen LogP contribution in [0, 0.1) is 0 Å². The van der Waals surface area contributed by atoms with Gasteiger partial charge in [0.15, 0.2) is 0 Å². The number of carboxylic acids is 1. The van der Waals surface area contributed by atoms with Gasteiger partial charge in [-0.1, -0.05) is 46.3 Å². The molecule has 1 aromatic carbocycles. The predicted molar refractivity (Wildman–Crippen MR) is 53.1 cm³/mol. The van der Waals surface area contributed by atoms with Gasteiger partial charge in [-0.15, -0.1) is 0 Å². The average Bonchev–Trinajstić information content (AvgIpc) is 2.81. The minimum atomic E-state index is -0.763. The number of benzene rings is 1. The number of rotatable bonds is 2. The monoisotopic (exact) mass is 240 g/mol. The Hall–Kier alpha value is -0.830. The Balaban J connectivity index is 2.21. The summed E-state index contributed by atoms with van der Waals surface area (Å²) in [5, 5.41) is 8.90. The quantitative estimate of drug-likeness (QED) is 0.807. The van der Waals surface area contributed by atoms with E-state index in [9.17, 15) is 4.79 Å². The third-order valence-corrected chi connectivity index (χ3v) is 3.67. The first-order chi connectivity index (χ1) is 6.14. The summed E-state index contributed by atoms with van der Waals surface area (Å²) in [5.74, 6) is -0.632. The Morgan fingerprint density at radius 1 is 1.46 bits per heavy atom. The molecule has 68 valence electrons. The van der Waals surface area contributed by atoms with Crippen LogP contribution in [0.4, 0.5) is 0 Å². The van der Waals surface area contributed by atoms with Crippen LogP contribution in [-0.2, 0) is 4.79 Å². The van der Waals surface area contributed by atoms with E-state index in [-0.39, 0.29) is 5.92 Å². The van der Waals surface area contributed by atoms with Crippen molar-refractivity contribution in [2.45, 2.75) is 16.7 Å². The maximum atomic E-state index is 10.8. The Morgan fingerprint density at radius 3 is 2.54 bits per heavy atom. The lowest BCUT2D eigenvalue weighted by Crippen LogP contribution is -2.15. The molecule has 0 radical (unpaired) electrons. The minimum Gasteiger partial charge on any atom is -0.480 e. The Kier molecular flexibility index (Phi) is 1.91. The molecule has 1 saturated carbocycles. The standard InChI is InChI=1S/C10H9BrO2/c11-10(9(12)13)6-8(10)7-4-2-1-3-5-7/h1-5,8H,6H2,(H,12,13)/t8-,10+/m0/s1. The van der Waals surface area contributed by atoms with E-state index in [4.69, 9.17) is 5.11 Å². The van der Waals surface area contributed by atoms with Gasteiger partial charge in [0.25, 0.3) is 0 Å². The van der Waals surface area contributed by atoms with Crippen LogP contribution in [0.2, 0.25) is 0 Å². The van der Waals surface area contributed by atoms with Gasteiger partial charge in [0.2, 0.25) is 0 Å². The minimum absolute atomic E-state index is 0.131. The molecule has 3 heteroatoms. The number of aliphatic carboxylic acids is 1. The zero-order chi connectivity index (χ0) is 9.47. The summed E-state index contributed by atoms with van der Waals surface area (Å²) in [6, 6.07) is 9.74. The normalized spacial score (nSPS) is 31.3. The molecule has 0 saturated heterocycles. The van der Waals surface area contributed by atoms with Gasteiger partial charge >= 0.3 is 5.97 Å². The number of halogens is 1. The highest BCUT2D eigenvalue weighted by Gasteiger charge is 2.59. The van der Waals surface area contributed by atoms with Crippen LogP contribution >= 0.6 is 15.9 Å². The zero-order valence-corrected chi connectivity index (χ0v) is 8.49. The van der Waals surface area contributed by atoms with Crippen molar-refractivity contribution in [1.29, 1.82) is 0 Å². The summed E-state index contributed by atoms with van der Waals surface area (Å²) in [6.45, 7) is 0. The fraction of sp³-hybridized carbons (Fsp3) is 0.300. The molecule has 0 aliphatic heterocycles. The van der Waals surface area contributed by atoms with E-state index in [1.807, 2.05) is 30.3 Å². The van der Waals surface area contributed by atoms with Gasteiger partial charge in [-0.2, -0.15) is 0 Å². The van der Waals surface area contributed by atoms with E-state index in [0.717, 1.165) is 5.56 Å². The third kappa shape index (κ3) is 1.37. The molecule has 2 atom stereocenters. The van der Waals surface area contributed by atoms with Gasteiger partial charge in [0.05, 0.1) is 0 Å². The molecule has 0 aromatic heterocycles. The van der Waals surface area contributed by atoms with Crippen LogP contribution < -0.4 is 0 Å². The highest BCUT2D eigenvalue weighted by atomic mass is 79.9. The number of hydrogen-bond donors (Lipinski definition) is 1. The molecule has 0 spiro atoms. The second-order valence-electron chi connectivity index (χ2n) is 3.34. The molecule has 2 rings (SSSR count). The lowest BCUT2D eigenvalue weighted by molar-refractivity contribution is -0.137. The van der Waals surface area contributed by atoms with E-state index in [1.165, 1.54) is 0 Å². The highest BCUT2D eigenvalue weighted by Crippen LogP contribution is 2.57. The molecule has 0 amide bonds. The second-order valence-corrected chi connectivity index (χ2v) is 4.75. The van der Waals surface area contributed by atoms with Crippen LogP contribution in [0.15, 0.2) is 30.3 Å². The summed E-state index contributed by atoms with van der Waals surface area (Å²) < 4.78 is -0.700. The van der Waals surface area contributed by atoms with Crippen LogP contribution in [0.25, 0.3) is 0 Å². The largest absolute Gasteiger partial charge is 0.480 e. The number of alkyl halides is 1. The van der Waals surface area contributed by atoms with Crippen molar-refractivity contribution in [3.05, 3.63) is 35.9 Å². The lowest BCUT2D eigenvalue weighted by Gasteiger charge is -2.02. The molecule has 0 heterocycles. The lowest BCUT2D eigenvalue weighted by atomic mass is 10.1. The number of carboxylic acid groups (broad SMARTS) is 1. The SMILES string of the molecule is O=C(O)[C@@]1(Br)C[C@H]1c1ccccc1. The maximum absolute atomic E-state index is 10.8. The van der Waals surface area contributed by atoms with Crippen LogP contribution in [0.1, 0.15) is 17.9 Å². The van der Waals surface area contributed by atoms with Crippen molar-refractivity contribution in [2.24, 2.45) is 0 Å². The average molecular weight is 241 g/mol. The fourth-order valence-corrected chi connectivity index (χ4v) is 2.13. The van der Waals surface area contributed by atoms with E-state index >= 15 is 0 Å². The molecular formula is C10H9BrO2. The van der Waals surface area contributed by atoms with Crippen molar-refractivity contribution in [2.75, 3.05) is 0 Å². The van der Waals surface area contributed by atoms with Crippen LogP contribution in [0.3, 0.4) is 0 Å². The molecule has 1 aliphatic carbocycles. The third-order valence-electron chi connectivity index (χ3n) is 2.45. The molecule has 2 nitrogen and oxygen atoms in total. The number of carbonyl (C=O) groups is 1. The van der Waals surface area contributed by atoms with Crippen LogP contribution in [0.5, 0.6) is 0 Å². The van der Waals surface area contributed by atoms with Crippen molar-refractivity contribution in [1.82, 2.24) is 0 Å². The van der Waals surface area contributed by atoms with Gasteiger partial charge < -0.3 is 5.11 Å².